The monoisotopic (exact) mass is 335 g/mol. The first-order valence-electron chi connectivity index (χ1n) is 5.31. The van der Waals surface area contributed by atoms with Gasteiger partial charge in [-0.1, -0.05) is 40.0 Å². The largest absolute Gasteiger partial charge is 0.445 e. The van der Waals surface area contributed by atoms with Crippen molar-refractivity contribution < 1.29 is 14.1 Å². The Hall–Kier alpha value is -1.50. The Balaban J connectivity index is 1.92. The second kappa shape index (κ2) is 6.30. The number of nitrogens with zero attached hydrogens (tertiary/aromatic N) is 2. The van der Waals surface area contributed by atoms with E-state index in [-0.39, 0.29) is 6.61 Å². The van der Waals surface area contributed by atoms with Gasteiger partial charge in [0.15, 0.2) is 0 Å². The molecular weight excluding hydrogens is 328 g/mol. The molecular formula is C11H8Cl3N3O3. The summed E-state index contributed by atoms with van der Waals surface area (Å²) in [5.74, 6) is 0.454. The predicted molar refractivity (Wildman–Crippen MR) is 75.0 cm³/mol. The maximum atomic E-state index is 11.4. The molecule has 1 heterocycles. The lowest BCUT2D eigenvalue weighted by molar-refractivity contribution is 0.164. The van der Waals surface area contributed by atoms with Gasteiger partial charge in [0.25, 0.3) is 0 Å². The van der Waals surface area contributed by atoms with Crippen LogP contribution in [0, 0.1) is 0 Å². The third kappa shape index (κ3) is 4.56. The summed E-state index contributed by atoms with van der Waals surface area (Å²) in [7, 11) is 0. The van der Waals surface area contributed by atoms with Crippen LogP contribution in [0.1, 0.15) is 0 Å². The van der Waals surface area contributed by atoms with Gasteiger partial charge in [-0.05, 0) is 24.3 Å². The number of hydrogen-bond donors (Lipinski definition) is 1. The summed E-state index contributed by atoms with van der Waals surface area (Å²) in [6.07, 6.45) is 0.513. The Morgan fingerprint density at radius 2 is 2.00 bits per heavy atom. The summed E-state index contributed by atoms with van der Waals surface area (Å²) in [6.45, 7) is -0.343. The van der Waals surface area contributed by atoms with Gasteiger partial charge in [-0.2, -0.15) is 4.98 Å². The van der Waals surface area contributed by atoms with Crippen molar-refractivity contribution in [2.24, 2.45) is 0 Å². The van der Waals surface area contributed by atoms with Gasteiger partial charge in [-0.25, -0.2) is 4.79 Å². The fourth-order valence-corrected chi connectivity index (χ4v) is 1.47. The Morgan fingerprint density at radius 3 is 2.55 bits per heavy atom. The maximum absolute atomic E-state index is 11.4. The molecule has 0 aliphatic carbocycles. The Bertz CT molecular complexity index is 567. The molecule has 20 heavy (non-hydrogen) atoms. The molecule has 2 rings (SSSR count). The number of carbonyl (C=O) groups is 1. The van der Waals surface area contributed by atoms with Crippen molar-refractivity contribution in [3.63, 3.8) is 0 Å². The number of benzene rings is 1. The van der Waals surface area contributed by atoms with Crippen molar-refractivity contribution in [1.82, 2.24) is 10.1 Å². The van der Waals surface area contributed by atoms with E-state index in [1.165, 1.54) is 6.39 Å². The molecule has 0 bridgehead atoms. The molecule has 2 aromatic rings. The third-order valence-electron chi connectivity index (χ3n) is 2.12. The summed E-state index contributed by atoms with van der Waals surface area (Å²) in [4.78, 5) is 15.3. The molecule has 0 atom stereocenters. The van der Waals surface area contributed by atoms with Gasteiger partial charge in [-0.15, -0.1) is 0 Å². The fourth-order valence-electron chi connectivity index (χ4n) is 1.30. The average Bonchev–Trinajstić information content (AvgIpc) is 2.90. The van der Waals surface area contributed by atoms with Crippen LogP contribution in [0.5, 0.6) is 0 Å². The van der Waals surface area contributed by atoms with E-state index in [4.69, 9.17) is 39.5 Å². The Labute approximate surface area is 129 Å². The van der Waals surface area contributed by atoms with Crippen LogP contribution in [0.25, 0.3) is 11.4 Å². The highest BCUT2D eigenvalue weighted by Crippen LogP contribution is 2.26. The van der Waals surface area contributed by atoms with Gasteiger partial charge in [0.1, 0.15) is 6.61 Å². The van der Waals surface area contributed by atoms with E-state index in [1.807, 2.05) is 0 Å². The third-order valence-corrected chi connectivity index (χ3v) is 2.45. The smallest absolute Gasteiger partial charge is 0.411 e. The van der Waals surface area contributed by atoms with E-state index in [9.17, 15) is 4.79 Å². The molecule has 0 saturated heterocycles. The van der Waals surface area contributed by atoms with Crippen LogP contribution in [-0.2, 0) is 4.74 Å². The second-order valence-corrected chi connectivity index (χ2v) is 6.16. The highest BCUT2D eigenvalue weighted by Gasteiger charge is 2.22. The first-order chi connectivity index (χ1) is 9.44. The molecule has 0 radical (unpaired) electrons. The van der Waals surface area contributed by atoms with Gasteiger partial charge in [0.2, 0.25) is 16.0 Å². The quantitative estimate of drug-likeness (QED) is 0.866. The summed E-state index contributed by atoms with van der Waals surface area (Å²) in [6, 6.07) is 6.75. The van der Waals surface area contributed by atoms with Crippen LogP contribution in [-0.4, -0.2) is 26.6 Å². The topological polar surface area (TPSA) is 77.3 Å². The number of hydrogen-bond acceptors (Lipinski definition) is 5. The minimum Gasteiger partial charge on any atom is -0.445 e. The molecule has 0 aliphatic rings. The van der Waals surface area contributed by atoms with Crippen molar-refractivity contribution >= 4 is 46.6 Å². The molecule has 1 aromatic carbocycles. The predicted octanol–water partition coefficient (Wildman–Crippen LogP) is 3.66. The van der Waals surface area contributed by atoms with Gasteiger partial charge < -0.3 is 9.26 Å². The standard InChI is InChI=1S/C11H8Cl3N3O3/c12-11(13,14)5-19-10(18)16-8-3-1-7(2-4-8)9-15-6-20-17-9/h1-4,6H,5H2,(H,16,18). The van der Waals surface area contributed by atoms with Crippen molar-refractivity contribution in [1.29, 1.82) is 0 Å². The number of halogens is 3. The van der Waals surface area contributed by atoms with Gasteiger partial charge in [0, 0.05) is 11.3 Å². The minimum absolute atomic E-state index is 0.343. The Kier molecular flexibility index (Phi) is 4.69. The number of amides is 1. The van der Waals surface area contributed by atoms with Crippen molar-refractivity contribution in [2.45, 2.75) is 3.79 Å². The Morgan fingerprint density at radius 1 is 1.30 bits per heavy atom. The molecule has 106 valence electrons. The molecule has 9 heteroatoms. The molecule has 0 fully saturated rings. The first-order valence-corrected chi connectivity index (χ1v) is 6.45. The van der Waals surface area contributed by atoms with E-state index in [1.54, 1.807) is 24.3 Å². The van der Waals surface area contributed by atoms with Crippen molar-refractivity contribution in [2.75, 3.05) is 11.9 Å². The highest BCUT2D eigenvalue weighted by atomic mass is 35.6. The molecule has 0 aliphatic heterocycles. The number of alkyl halides is 3. The van der Waals surface area contributed by atoms with E-state index in [0.29, 0.717) is 11.5 Å². The van der Waals surface area contributed by atoms with Crippen molar-refractivity contribution in [3.8, 4) is 11.4 Å². The zero-order valence-electron chi connectivity index (χ0n) is 9.85. The molecule has 1 amide bonds. The van der Waals surface area contributed by atoms with E-state index < -0.39 is 9.89 Å². The molecule has 1 N–H and O–H groups in total. The molecule has 6 nitrogen and oxygen atoms in total. The van der Waals surface area contributed by atoms with Crippen LogP contribution in [0.15, 0.2) is 35.2 Å². The lowest BCUT2D eigenvalue weighted by Crippen LogP contribution is -2.21. The average molecular weight is 337 g/mol. The molecule has 0 unspecified atom stereocenters. The number of ether oxygens (including phenoxy) is 1. The normalized spacial score (nSPS) is 11.2. The fraction of sp³-hybridized carbons (Fsp3) is 0.182. The van der Waals surface area contributed by atoms with Crippen LogP contribution >= 0.6 is 34.8 Å². The SMILES string of the molecule is O=C(Nc1ccc(-c2ncon2)cc1)OCC(Cl)(Cl)Cl. The molecule has 0 spiro atoms. The van der Waals surface area contributed by atoms with E-state index in [0.717, 1.165) is 5.56 Å². The van der Waals surface area contributed by atoms with Gasteiger partial charge in [0.05, 0.1) is 0 Å². The number of anilines is 1. The zero-order valence-corrected chi connectivity index (χ0v) is 12.1. The highest BCUT2D eigenvalue weighted by molar-refractivity contribution is 6.67. The maximum Gasteiger partial charge on any atom is 0.411 e. The van der Waals surface area contributed by atoms with E-state index >= 15 is 0 Å². The van der Waals surface area contributed by atoms with E-state index in [2.05, 4.69) is 20.0 Å². The van der Waals surface area contributed by atoms with Crippen molar-refractivity contribution in [3.05, 3.63) is 30.7 Å². The van der Waals surface area contributed by atoms with Gasteiger partial charge >= 0.3 is 6.09 Å². The van der Waals surface area contributed by atoms with Crippen LogP contribution < -0.4 is 5.32 Å². The van der Waals surface area contributed by atoms with Gasteiger partial charge in [-0.3, -0.25) is 5.32 Å². The van der Waals surface area contributed by atoms with Crippen LogP contribution in [0.3, 0.4) is 0 Å². The second-order valence-electron chi connectivity index (χ2n) is 3.65. The zero-order chi connectivity index (χ0) is 14.6. The summed E-state index contributed by atoms with van der Waals surface area (Å²) in [5.41, 5.74) is 1.27. The summed E-state index contributed by atoms with van der Waals surface area (Å²) < 4.78 is 7.73. The first kappa shape index (κ1) is 14.9. The molecule has 0 saturated carbocycles. The lowest BCUT2D eigenvalue weighted by atomic mass is 10.2. The number of nitrogens with one attached hydrogen (secondary N) is 1. The summed E-state index contributed by atoms with van der Waals surface area (Å²) in [5, 5.41) is 6.18. The van der Waals surface area contributed by atoms with Crippen LogP contribution in [0.2, 0.25) is 0 Å². The minimum atomic E-state index is -1.64. The van der Waals surface area contributed by atoms with Crippen LogP contribution in [0.4, 0.5) is 10.5 Å². The number of carbonyl (C=O) groups excluding carboxylic acids is 1. The summed E-state index contributed by atoms with van der Waals surface area (Å²) >= 11 is 16.4. The lowest BCUT2D eigenvalue weighted by Gasteiger charge is -2.12. The number of aromatic nitrogens is 2. The molecule has 1 aromatic heterocycles. The number of rotatable bonds is 3.